The van der Waals surface area contributed by atoms with Crippen LogP contribution in [0.5, 0.6) is 0 Å². The SMILES string of the molecule is CON=C(C(=O)N[C@H]1C(=O)N2C(C(=O)O)=C(C[n+]3ccn4c(NCCCN)cccc43)CS[C@@H]12)c1csc(N)n1. The first-order valence-electron chi connectivity index (χ1n) is 12.3. The second kappa shape index (κ2) is 11.5. The second-order valence-corrected chi connectivity index (χ2v) is 10.9. The average Bonchev–Trinajstić information content (AvgIpc) is 3.56. The number of carbonyl (C=O) groups is 3. The van der Waals surface area contributed by atoms with E-state index in [-0.39, 0.29) is 28.8 Å². The molecule has 2 aliphatic heterocycles. The summed E-state index contributed by atoms with van der Waals surface area (Å²) >= 11 is 2.52. The maximum Gasteiger partial charge on any atom is 0.352 e. The minimum absolute atomic E-state index is 0.0682. The first-order chi connectivity index (χ1) is 19.3. The number of anilines is 2. The molecule has 1 saturated heterocycles. The van der Waals surface area contributed by atoms with Crippen molar-refractivity contribution in [3.8, 4) is 0 Å². The number of thioether (sulfide) groups is 1. The lowest BCUT2D eigenvalue weighted by Crippen LogP contribution is -2.71. The van der Waals surface area contributed by atoms with E-state index >= 15 is 0 Å². The maximum atomic E-state index is 13.2. The molecule has 0 aliphatic carbocycles. The molecule has 0 spiro atoms. The number of carboxylic acids is 1. The molecular weight excluding hydrogens is 558 g/mol. The van der Waals surface area contributed by atoms with Crippen LogP contribution in [0.4, 0.5) is 10.9 Å². The summed E-state index contributed by atoms with van der Waals surface area (Å²) < 4.78 is 3.91. The number of rotatable bonds is 11. The van der Waals surface area contributed by atoms with Crippen LogP contribution in [-0.2, 0) is 25.8 Å². The van der Waals surface area contributed by atoms with Crippen LogP contribution in [0.3, 0.4) is 0 Å². The number of hydrogen-bond acceptors (Lipinski definition) is 11. The zero-order valence-corrected chi connectivity index (χ0v) is 23.1. The van der Waals surface area contributed by atoms with Crippen molar-refractivity contribution < 1.29 is 28.9 Å². The molecule has 40 heavy (non-hydrogen) atoms. The molecular formula is C24H28N9O5S2+. The summed E-state index contributed by atoms with van der Waals surface area (Å²) in [5, 5.41) is 21.1. The summed E-state index contributed by atoms with van der Waals surface area (Å²) in [6.45, 7) is 1.59. The quantitative estimate of drug-likeness (QED) is 0.0661. The van der Waals surface area contributed by atoms with Gasteiger partial charge in [-0.3, -0.25) is 14.5 Å². The van der Waals surface area contributed by atoms with Crippen LogP contribution >= 0.6 is 23.1 Å². The van der Waals surface area contributed by atoms with Gasteiger partial charge in [-0.1, -0.05) is 5.16 Å². The summed E-state index contributed by atoms with van der Waals surface area (Å²) in [5.41, 5.74) is 12.7. The van der Waals surface area contributed by atoms with E-state index in [9.17, 15) is 19.5 Å². The Morgan fingerprint density at radius 1 is 1.38 bits per heavy atom. The van der Waals surface area contributed by atoms with Crippen LogP contribution in [0.2, 0.25) is 0 Å². The molecule has 2 amide bonds. The third kappa shape index (κ3) is 5.07. The molecule has 1 fully saturated rings. The fourth-order valence-corrected chi connectivity index (χ4v) is 6.52. The van der Waals surface area contributed by atoms with Gasteiger partial charge in [0.15, 0.2) is 16.7 Å². The standard InChI is InChI=1S/C24H27N9O5S2/c1-38-30-17(14-12-40-24(26)28-14)20(34)29-18-21(35)33-19(23(36)37)13(11-39-22(18)33)10-31-8-9-32-15(27-7-3-6-25)4-2-5-16(31)32/h2,4-5,8-9,12,18,22H,3,6-7,10-11,25H2,1H3,(H4,26,28,29,34,36,37)/p+1/t18-,22-/m0/s1. The zero-order chi connectivity index (χ0) is 28.4. The van der Waals surface area contributed by atoms with Gasteiger partial charge < -0.3 is 32.0 Å². The van der Waals surface area contributed by atoms with E-state index in [0.717, 1.165) is 35.8 Å². The van der Waals surface area contributed by atoms with Gasteiger partial charge in [-0.25, -0.2) is 14.3 Å². The van der Waals surface area contributed by atoms with Gasteiger partial charge in [-0.15, -0.1) is 23.1 Å². The monoisotopic (exact) mass is 586 g/mol. The Labute approximate surface area is 236 Å². The second-order valence-electron chi connectivity index (χ2n) is 8.95. The zero-order valence-electron chi connectivity index (χ0n) is 21.4. The largest absolute Gasteiger partial charge is 0.477 e. The van der Waals surface area contributed by atoms with Gasteiger partial charge in [-0.2, -0.15) is 4.40 Å². The minimum Gasteiger partial charge on any atom is -0.477 e. The number of amides is 2. The number of nitrogen functional groups attached to an aromatic ring is 1. The molecule has 16 heteroatoms. The lowest BCUT2D eigenvalue weighted by Gasteiger charge is -2.49. The molecule has 0 radical (unpaired) electrons. The molecule has 0 aromatic carbocycles. The highest BCUT2D eigenvalue weighted by atomic mass is 32.2. The van der Waals surface area contributed by atoms with E-state index in [1.165, 1.54) is 23.8 Å². The Morgan fingerprint density at radius 2 is 2.20 bits per heavy atom. The van der Waals surface area contributed by atoms with Crippen molar-refractivity contribution in [2.75, 3.05) is 37.0 Å². The van der Waals surface area contributed by atoms with Crippen LogP contribution in [0.15, 0.2) is 52.4 Å². The molecule has 7 N–H and O–H groups in total. The Hall–Kier alpha value is -4.15. The number of aliphatic carboxylic acids is 1. The predicted molar refractivity (Wildman–Crippen MR) is 150 cm³/mol. The lowest BCUT2D eigenvalue weighted by atomic mass is 10.0. The molecule has 2 atom stereocenters. The topological polar surface area (TPSA) is 194 Å². The van der Waals surface area contributed by atoms with E-state index in [2.05, 4.69) is 20.8 Å². The number of β-lactam (4-membered cyclic amide) rings is 1. The van der Waals surface area contributed by atoms with Crippen molar-refractivity contribution in [3.05, 3.63) is 52.9 Å². The van der Waals surface area contributed by atoms with Crippen molar-refractivity contribution in [3.63, 3.8) is 0 Å². The number of oxime groups is 1. The van der Waals surface area contributed by atoms with Gasteiger partial charge in [0.1, 0.15) is 48.9 Å². The van der Waals surface area contributed by atoms with Crippen molar-refractivity contribution in [2.24, 2.45) is 10.9 Å². The molecule has 3 aromatic heterocycles. The van der Waals surface area contributed by atoms with Gasteiger partial charge >= 0.3 is 5.97 Å². The van der Waals surface area contributed by atoms with Crippen LogP contribution in [0.25, 0.3) is 5.65 Å². The number of carbonyl (C=O) groups excluding carboxylic acids is 2. The third-order valence-corrected chi connectivity index (χ3v) is 8.46. The average molecular weight is 587 g/mol. The number of thiazole rings is 1. The lowest BCUT2D eigenvalue weighted by molar-refractivity contribution is -0.662. The molecule has 5 rings (SSSR count). The van der Waals surface area contributed by atoms with E-state index in [4.69, 9.17) is 16.3 Å². The normalized spacial score (nSPS) is 18.9. The van der Waals surface area contributed by atoms with Crippen LogP contribution < -0.4 is 26.7 Å². The van der Waals surface area contributed by atoms with Crippen molar-refractivity contribution in [1.29, 1.82) is 0 Å². The molecule has 210 valence electrons. The maximum absolute atomic E-state index is 13.2. The smallest absolute Gasteiger partial charge is 0.352 e. The molecule has 14 nitrogen and oxygen atoms in total. The Balaban J connectivity index is 1.35. The molecule has 5 heterocycles. The van der Waals surface area contributed by atoms with E-state index in [1.54, 1.807) is 5.38 Å². The minimum atomic E-state index is -1.20. The Kier molecular flexibility index (Phi) is 7.90. The van der Waals surface area contributed by atoms with Crippen LogP contribution in [-0.4, -0.2) is 80.3 Å². The highest BCUT2D eigenvalue weighted by Crippen LogP contribution is 2.40. The number of hydrogen-bond donors (Lipinski definition) is 5. The number of pyridine rings is 1. The van der Waals surface area contributed by atoms with Gasteiger partial charge in [-0.05, 0) is 19.0 Å². The highest BCUT2D eigenvalue weighted by Gasteiger charge is 2.54. The van der Waals surface area contributed by atoms with E-state index in [0.29, 0.717) is 17.9 Å². The summed E-state index contributed by atoms with van der Waals surface area (Å²) in [6.07, 6.45) is 4.60. The molecule has 0 bridgehead atoms. The first kappa shape index (κ1) is 27.4. The molecule has 3 aromatic rings. The number of carboxylic acid groups (broad SMARTS) is 1. The number of imidazole rings is 1. The Bertz CT molecular complexity index is 1530. The van der Waals surface area contributed by atoms with Crippen LogP contribution in [0, 0.1) is 0 Å². The fourth-order valence-electron chi connectivity index (χ4n) is 4.63. The number of fused-ring (bicyclic) bond motifs is 2. The highest BCUT2D eigenvalue weighted by molar-refractivity contribution is 8.00. The predicted octanol–water partition coefficient (Wildman–Crippen LogP) is -0.184. The van der Waals surface area contributed by atoms with Gasteiger partial charge in [0, 0.05) is 35.4 Å². The summed E-state index contributed by atoms with van der Waals surface area (Å²) in [6, 6.07) is 4.87. The molecule has 0 unspecified atom stereocenters. The fraction of sp³-hybridized carbons (Fsp3) is 0.333. The van der Waals surface area contributed by atoms with Gasteiger partial charge in [0.05, 0.1) is 0 Å². The van der Waals surface area contributed by atoms with Crippen molar-refractivity contribution in [1.82, 2.24) is 19.6 Å². The number of nitrogens with one attached hydrogen (secondary N) is 2. The number of nitrogens with two attached hydrogens (primary N) is 2. The molecule has 0 saturated carbocycles. The summed E-state index contributed by atoms with van der Waals surface area (Å²) in [5.74, 6) is -1.14. The molecule has 2 aliphatic rings. The van der Waals surface area contributed by atoms with Crippen LogP contribution in [0.1, 0.15) is 12.1 Å². The number of nitrogens with zero attached hydrogens (tertiary/aromatic N) is 5. The third-order valence-electron chi connectivity index (χ3n) is 6.44. The number of aromatic nitrogens is 3. The van der Waals surface area contributed by atoms with Crippen molar-refractivity contribution >= 4 is 63.2 Å². The first-order valence-corrected chi connectivity index (χ1v) is 14.2. The Morgan fingerprint density at radius 3 is 2.90 bits per heavy atom. The summed E-state index contributed by atoms with van der Waals surface area (Å²) in [4.78, 5) is 48.6. The van der Waals surface area contributed by atoms with E-state index in [1.807, 2.05) is 39.6 Å². The van der Waals surface area contributed by atoms with Gasteiger partial charge in [0.2, 0.25) is 0 Å². The van der Waals surface area contributed by atoms with E-state index < -0.39 is 29.2 Å². The van der Waals surface area contributed by atoms with Crippen molar-refractivity contribution in [2.45, 2.75) is 24.4 Å². The summed E-state index contributed by atoms with van der Waals surface area (Å²) in [7, 11) is 1.29. The van der Waals surface area contributed by atoms with Gasteiger partial charge in [0.25, 0.3) is 17.5 Å².